The summed E-state index contributed by atoms with van der Waals surface area (Å²) in [4.78, 5) is 0. The highest BCUT2D eigenvalue weighted by Gasteiger charge is 2.52. The highest BCUT2D eigenvalue weighted by Crippen LogP contribution is 2.44. The summed E-state index contributed by atoms with van der Waals surface area (Å²) in [5.41, 5.74) is -2.03. The van der Waals surface area contributed by atoms with Gasteiger partial charge < -0.3 is 28.4 Å². The number of hydrogen-bond acceptors (Lipinski definition) is 8. The minimum Gasteiger partial charge on any atom is -0.347 e. The Morgan fingerprint density at radius 1 is 0.647 bits per heavy atom. The number of ether oxygens (including phenoxy) is 6. The summed E-state index contributed by atoms with van der Waals surface area (Å²) in [6, 6.07) is 4.86. The van der Waals surface area contributed by atoms with Crippen molar-refractivity contribution in [2.45, 2.75) is 127 Å². The first kappa shape index (κ1) is 28.8. The van der Waals surface area contributed by atoms with Gasteiger partial charge in [-0.3, -0.25) is 0 Å². The fourth-order valence-corrected chi connectivity index (χ4v) is 6.53. The van der Waals surface area contributed by atoms with E-state index in [1.807, 2.05) is 41.5 Å². The minimum atomic E-state index is -1.02. The van der Waals surface area contributed by atoms with Gasteiger partial charge in [0.15, 0.2) is 28.6 Å². The maximum absolute atomic E-state index is 10.2. The Morgan fingerprint density at radius 3 is 1.32 bits per heavy atom. The van der Waals surface area contributed by atoms with Crippen LogP contribution in [-0.2, 0) is 28.4 Å². The molecule has 3 aliphatic heterocycles. The van der Waals surface area contributed by atoms with Crippen molar-refractivity contribution in [2.24, 2.45) is 0 Å². The molecule has 3 fully saturated rings. The molecule has 0 radical (unpaired) electrons. The normalized spacial score (nSPS) is 41.2. The number of nitrogens with zero attached hydrogens (tertiary/aromatic N) is 2. The summed E-state index contributed by atoms with van der Waals surface area (Å²) in [5.74, 6) is -2.58. The molecule has 192 valence electrons. The van der Waals surface area contributed by atoms with Gasteiger partial charge in [-0.2, -0.15) is 10.5 Å². The average molecular weight is 702 g/mol. The lowest BCUT2D eigenvalue weighted by atomic mass is 9.84. The lowest BCUT2D eigenvalue weighted by molar-refractivity contribution is -0.347. The molecule has 6 atom stereocenters. The number of nitriles is 2. The third-order valence-electron chi connectivity index (χ3n) is 6.19. The summed E-state index contributed by atoms with van der Waals surface area (Å²) >= 11 is 4.57. The van der Waals surface area contributed by atoms with E-state index in [1.54, 1.807) is 0 Å². The monoisotopic (exact) mass is 702 g/mol. The standard InChI is InChI=1S/C24H36I2N2O6/c1-20(2)29-16(8-23(14-27)10-18(12-25)31-21(3,4)33-23)7-17(30-20)9-24(15-28)11-19(13-26)32-22(5,6)34-24/h16-19H,7-13H2,1-6H3/t16-,17-,18+,19+,23-,24-/m0/s1. The van der Waals surface area contributed by atoms with Crippen LogP contribution in [0.5, 0.6) is 0 Å². The van der Waals surface area contributed by atoms with Crippen molar-refractivity contribution in [3.8, 4) is 12.1 Å². The molecule has 0 spiro atoms. The molecule has 0 aromatic rings. The zero-order valence-electron chi connectivity index (χ0n) is 20.9. The second-order valence-electron chi connectivity index (χ2n) is 10.9. The first-order chi connectivity index (χ1) is 15.7. The lowest BCUT2D eigenvalue weighted by Crippen LogP contribution is -2.57. The molecule has 0 aromatic carbocycles. The molecule has 0 saturated carbocycles. The number of rotatable bonds is 6. The molecule has 0 aliphatic carbocycles. The van der Waals surface area contributed by atoms with Crippen molar-refractivity contribution < 1.29 is 28.4 Å². The van der Waals surface area contributed by atoms with Gasteiger partial charge in [-0.15, -0.1) is 0 Å². The van der Waals surface area contributed by atoms with Crippen LogP contribution in [0.2, 0.25) is 0 Å². The van der Waals surface area contributed by atoms with Gasteiger partial charge in [-0.1, -0.05) is 45.2 Å². The summed E-state index contributed by atoms with van der Waals surface area (Å²) in [6.45, 7) is 11.1. The Bertz CT molecular complexity index is 761. The van der Waals surface area contributed by atoms with Crippen LogP contribution in [0, 0.1) is 22.7 Å². The molecule has 3 saturated heterocycles. The first-order valence-corrected chi connectivity index (χ1v) is 14.8. The van der Waals surface area contributed by atoms with Gasteiger partial charge >= 0.3 is 0 Å². The minimum absolute atomic E-state index is 0.0717. The molecule has 10 heteroatoms. The molecule has 0 aromatic heterocycles. The van der Waals surface area contributed by atoms with E-state index in [-0.39, 0.29) is 24.4 Å². The second-order valence-corrected chi connectivity index (χ2v) is 12.7. The van der Waals surface area contributed by atoms with Gasteiger partial charge in [-0.25, -0.2) is 0 Å². The fourth-order valence-electron chi connectivity index (χ4n) is 5.55. The van der Waals surface area contributed by atoms with Crippen LogP contribution in [0.3, 0.4) is 0 Å². The van der Waals surface area contributed by atoms with Crippen LogP contribution >= 0.6 is 45.2 Å². The summed E-state index contributed by atoms with van der Waals surface area (Å²) in [5, 5.41) is 20.3. The zero-order chi connectivity index (χ0) is 25.4. The van der Waals surface area contributed by atoms with Crippen LogP contribution < -0.4 is 0 Å². The van der Waals surface area contributed by atoms with Gasteiger partial charge in [0.1, 0.15) is 0 Å². The Morgan fingerprint density at radius 2 is 1.00 bits per heavy atom. The van der Waals surface area contributed by atoms with Gasteiger partial charge in [0.2, 0.25) is 0 Å². The van der Waals surface area contributed by atoms with E-state index < -0.39 is 28.6 Å². The number of alkyl halides is 2. The lowest BCUT2D eigenvalue weighted by Gasteiger charge is -2.49. The topological polar surface area (TPSA) is 103 Å². The summed E-state index contributed by atoms with van der Waals surface area (Å²) in [6.07, 6.45) is 1.61. The van der Waals surface area contributed by atoms with E-state index in [4.69, 9.17) is 28.4 Å². The highest BCUT2D eigenvalue weighted by atomic mass is 127. The van der Waals surface area contributed by atoms with Gasteiger partial charge in [0, 0.05) is 41.0 Å². The molecule has 34 heavy (non-hydrogen) atoms. The SMILES string of the molecule is CC1(C)O[C@H](C[C@@]2(C#N)C[C@H](CI)OC(C)(C)O2)C[C@@H](C[C@@]2(C#N)C[C@H](CI)OC(C)(C)O2)O1. The summed E-state index contributed by atoms with van der Waals surface area (Å²) < 4.78 is 38.4. The average Bonchev–Trinajstić information content (AvgIpc) is 2.69. The molecule has 3 heterocycles. The van der Waals surface area contributed by atoms with E-state index >= 15 is 0 Å². The van der Waals surface area contributed by atoms with Gasteiger partial charge in [0.05, 0.1) is 36.6 Å². The third-order valence-corrected chi connectivity index (χ3v) is 8.16. The van der Waals surface area contributed by atoms with Gasteiger partial charge in [0.25, 0.3) is 0 Å². The third kappa shape index (κ3) is 7.15. The molecule has 0 N–H and O–H groups in total. The molecule has 0 bridgehead atoms. The van der Waals surface area contributed by atoms with Crippen LogP contribution in [0.15, 0.2) is 0 Å². The van der Waals surface area contributed by atoms with Crippen LogP contribution in [0.4, 0.5) is 0 Å². The molecule has 3 rings (SSSR count). The maximum Gasteiger partial charge on any atom is 0.165 e. The largest absolute Gasteiger partial charge is 0.347 e. The van der Waals surface area contributed by atoms with Gasteiger partial charge in [-0.05, 0) is 41.5 Å². The molecule has 8 nitrogen and oxygen atoms in total. The van der Waals surface area contributed by atoms with Crippen LogP contribution in [-0.4, -0.2) is 61.8 Å². The summed E-state index contributed by atoms with van der Waals surface area (Å²) in [7, 11) is 0. The Labute approximate surface area is 230 Å². The number of halogens is 2. The van der Waals surface area contributed by atoms with E-state index in [2.05, 4.69) is 57.3 Å². The second kappa shape index (κ2) is 10.5. The first-order valence-electron chi connectivity index (χ1n) is 11.7. The highest BCUT2D eigenvalue weighted by molar-refractivity contribution is 14.1. The van der Waals surface area contributed by atoms with Crippen molar-refractivity contribution in [2.75, 3.05) is 8.86 Å². The molecule has 0 amide bonds. The van der Waals surface area contributed by atoms with Crippen molar-refractivity contribution in [1.29, 1.82) is 10.5 Å². The van der Waals surface area contributed by atoms with Crippen molar-refractivity contribution in [3.63, 3.8) is 0 Å². The van der Waals surface area contributed by atoms with Crippen molar-refractivity contribution >= 4 is 45.2 Å². The Hall–Kier alpha value is 0.200. The Balaban J connectivity index is 1.79. The smallest absolute Gasteiger partial charge is 0.165 e. The molecular weight excluding hydrogens is 666 g/mol. The van der Waals surface area contributed by atoms with E-state index in [1.165, 1.54) is 0 Å². The molecular formula is C24H36I2N2O6. The van der Waals surface area contributed by atoms with E-state index in [0.29, 0.717) is 32.1 Å². The number of hydrogen-bond donors (Lipinski definition) is 0. The quantitative estimate of drug-likeness (QED) is 0.277. The van der Waals surface area contributed by atoms with Crippen LogP contribution in [0.25, 0.3) is 0 Å². The predicted molar refractivity (Wildman–Crippen MR) is 141 cm³/mol. The molecule has 3 aliphatic rings. The Kier molecular flexibility index (Phi) is 8.90. The molecule has 0 unspecified atom stereocenters. The van der Waals surface area contributed by atoms with E-state index in [9.17, 15) is 10.5 Å². The van der Waals surface area contributed by atoms with E-state index in [0.717, 1.165) is 8.86 Å². The zero-order valence-corrected chi connectivity index (χ0v) is 25.2. The fraction of sp³-hybridized carbons (Fsp3) is 0.917. The van der Waals surface area contributed by atoms with Crippen molar-refractivity contribution in [1.82, 2.24) is 0 Å². The maximum atomic E-state index is 10.2. The predicted octanol–water partition coefficient (Wildman–Crippen LogP) is 5.15. The van der Waals surface area contributed by atoms with Crippen molar-refractivity contribution in [3.05, 3.63) is 0 Å². The van der Waals surface area contributed by atoms with Crippen LogP contribution in [0.1, 0.15) is 73.6 Å².